The van der Waals surface area contributed by atoms with Gasteiger partial charge in [-0.2, -0.15) is 4.31 Å². The van der Waals surface area contributed by atoms with Gasteiger partial charge in [0.05, 0.1) is 13.3 Å². The number of nitrogens with two attached hydrogens (primary N) is 1. The van der Waals surface area contributed by atoms with Crippen LogP contribution in [0.3, 0.4) is 0 Å². The Hall–Kier alpha value is -1.18. The molecule has 2 heterocycles. The average Bonchev–Trinajstić information content (AvgIpc) is 2.88. The minimum Gasteiger partial charge on any atom is -0.481 e. The highest BCUT2D eigenvalue weighted by atomic mass is 32.2. The third-order valence-electron chi connectivity index (χ3n) is 3.12. The fourth-order valence-electron chi connectivity index (χ4n) is 2.14. The van der Waals surface area contributed by atoms with Crippen LogP contribution in [0, 0.1) is 0 Å². The van der Waals surface area contributed by atoms with Crippen LogP contribution in [-0.2, 0) is 10.0 Å². The van der Waals surface area contributed by atoms with Gasteiger partial charge in [0.1, 0.15) is 4.90 Å². The number of rotatable bonds is 4. The molecule has 2 N–H and O–H groups in total. The summed E-state index contributed by atoms with van der Waals surface area (Å²) >= 11 is 0. The van der Waals surface area contributed by atoms with Gasteiger partial charge in [-0.1, -0.05) is 0 Å². The molecule has 2 rings (SSSR count). The molecule has 18 heavy (non-hydrogen) atoms. The van der Waals surface area contributed by atoms with Gasteiger partial charge in [0.2, 0.25) is 15.9 Å². The fourth-order valence-corrected chi connectivity index (χ4v) is 3.79. The summed E-state index contributed by atoms with van der Waals surface area (Å²) < 4.78 is 31.2. The summed E-state index contributed by atoms with van der Waals surface area (Å²) in [6, 6.07) is 2.95. The van der Waals surface area contributed by atoms with Crippen molar-refractivity contribution >= 4 is 10.0 Å². The van der Waals surface area contributed by atoms with Gasteiger partial charge in [-0.25, -0.2) is 13.4 Å². The van der Waals surface area contributed by atoms with Crippen LogP contribution < -0.4 is 10.5 Å². The third-order valence-corrected chi connectivity index (χ3v) is 5.06. The van der Waals surface area contributed by atoms with Crippen LogP contribution in [-0.4, -0.2) is 43.9 Å². The molecule has 0 saturated carbocycles. The van der Waals surface area contributed by atoms with E-state index >= 15 is 0 Å². The first-order valence-electron chi connectivity index (χ1n) is 5.81. The SMILES string of the molecule is COc1ccc(S(=O)(=O)N2CCCC2CN)cn1. The van der Waals surface area contributed by atoms with Crippen molar-refractivity contribution in [3.63, 3.8) is 0 Å². The molecule has 1 aromatic rings. The molecule has 1 aromatic heterocycles. The van der Waals surface area contributed by atoms with E-state index in [-0.39, 0.29) is 10.9 Å². The second kappa shape index (κ2) is 5.21. The average molecular weight is 271 g/mol. The van der Waals surface area contributed by atoms with Crippen molar-refractivity contribution in [2.75, 3.05) is 20.2 Å². The van der Waals surface area contributed by atoms with Gasteiger partial charge < -0.3 is 10.5 Å². The number of aromatic nitrogens is 1. The molecular formula is C11H17N3O3S. The molecule has 1 atom stereocenters. The smallest absolute Gasteiger partial charge is 0.244 e. The number of nitrogens with zero attached hydrogens (tertiary/aromatic N) is 2. The zero-order chi connectivity index (χ0) is 13.2. The van der Waals surface area contributed by atoms with Crippen LogP contribution in [0.25, 0.3) is 0 Å². The normalized spacial score (nSPS) is 21.1. The largest absolute Gasteiger partial charge is 0.481 e. The standard InChI is InChI=1S/C11H17N3O3S/c1-17-11-5-4-10(8-13-11)18(15,16)14-6-2-3-9(14)7-12/h4-5,8-9H,2-3,6-7,12H2,1H3. The Morgan fingerprint density at radius 3 is 2.89 bits per heavy atom. The van der Waals surface area contributed by atoms with Gasteiger partial charge in [-0.05, 0) is 18.9 Å². The Kier molecular flexibility index (Phi) is 3.84. The molecule has 1 aliphatic heterocycles. The molecule has 1 fully saturated rings. The van der Waals surface area contributed by atoms with E-state index in [4.69, 9.17) is 10.5 Å². The van der Waals surface area contributed by atoms with Gasteiger partial charge in [0.15, 0.2) is 0 Å². The molecule has 1 aliphatic rings. The van der Waals surface area contributed by atoms with Crippen LogP contribution in [0.2, 0.25) is 0 Å². The molecule has 0 aromatic carbocycles. The molecule has 0 spiro atoms. The lowest BCUT2D eigenvalue weighted by Crippen LogP contribution is -2.39. The highest BCUT2D eigenvalue weighted by Crippen LogP contribution is 2.25. The maximum atomic E-state index is 12.4. The molecule has 7 heteroatoms. The van der Waals surface area contributed by atoms with Crippen molar-refractivity contribution in [3.05, 3.63) is 18.3 Å². The van der Waals surface area contributed by atoms with E-state index in [1.54, 1.807) is 6.07 Å². The number of hydrogen-bond donors (Lipinski definition) is 1. The van der Waals surface area contributed by atoms with E-state index in [2.05, 4.69) is 4.98 Å². The van der Waals surface area contributed by atoms with Crippen molar-refractivity contribution in [2.45, 2.75) is 23.8 Å². The Morgan fingerprint density at radius 1 is 1.56 bits per heavy atom. The number of hydrogen-bond acceptors (Lipinski definition) is 5. The highest BCUT2D eigenvalue weighted by Gasteiger charge is 2.34. The van der Waals surface area contributed by atoms with Crippen LogP contribution in [0.5, 0.6) is 5.88 Å². The van der Waals surface area contributed by atoms with E-state index in [1.165, 1.54) is 23.7 Å². The van der Waals surface area contributed by atoms with Crippen molar-refractivity contribution in [1.29, 1.82) is 0 Å². The highest BCUT2D eigenvalue weighted by molar-refractivity contribution is 7.89. The van der Waals surface area contributed by atoms with Gasteiger partial charge in [-0.15, -0.1) is 0 Å². The minimum absolute atomic E-state index is 0.0999. The number of sulfonamides is 1. The minimum atomic E-state index is -3.49. The van der Waals surface area contributed by atoms with Crippen molar-refractivity contribution < 1.29 is 13.2 Å². The number of pyridine rings is 1. The van der Waals surface area contributed by atoms with E-state index in [9.17, 15) is 8.42 Å². The Morgan fingerprint density at radius 2 is 2.33 bits per heavy atom. The first-order valence-corrected chi connectivity index (χ1v) is 7.25. The van der Waals surface area contributed by atoms with Gasteiger partial charge >= 0.3 is 0 Å². The molecule has 6 nitrogen and oxygen atoms in total. The predicted molar refractivity (Wildman–Crippen MR) is 66.8 cm³/mol. The molecule has 0 radical (unpaired) electrons. The summed E-state index contributed by atoms with van der Waals surface area (Å²) in [5.41, 5.74) is 5.60. The zero-order valence-electron chi connectivity index (χ0n) is 10.2. The predicted octanol–water partition coefficient (Wildman–Crippen LogP) is 0.202. The second-order valence-electron chi connectivity index (χ2n) is 4.18. The first-order chi connectivity index (χ1) is 8.59. The van der Waals surface area contributed by atoms with Crippen LogP contribution in [0.15, 0.2) is 23.2 Å². The first kappa shape index (κ1) is 13.3. The van der Waals surface area contributed by atoms with E-state index < -0.39 is 10.0 Å². The number of methoxy groups -OCH3 is 1. The molecule has 100 valence electrons. The molecule has 1 saturated heterocycles. The van der Waals surface area contributed by atoms with E-state index in [1.807, 2.05) is 0 Å². The summed E-state index contributed by atoms with van der Waals surface area (Å²) in [6.45, 7) is 0.874. The fraction of sp³-hybridized carbons (Fsp3) is 0.545. The maximum Gasteiger partial charge on any atom is 0.244 e. The summed E-state index contributed by atoms with van der Waals surface area (Å²) in [4.78, 5) is 4.11. The van der Waals surface area contributed by atoms with E-state index in [0.717, 1.165) is 12.8 Å². The maximum absolute atomic E-state index is 12.4. The van der Waals surface area contributed by atoms with Gasteiger partial charge in [0, 0.05) is 25.2 Å². The molecule has 0 bridgehead atoms. The van der Waals surface area contributed by atoms with Crippen LogP contribution >= 0.6 is 0 Å². The zero-order valence-corrected chi connectivity index (χ0v) is 11.1. The lowest BCUT2D eigenvalue weighted by atomic mass is 10.2. The van der Waals surface area contributed by atoms with Crippen molar-refractivity contribution in [2.24, 2.45) is 5.73 Å². The van der Waals surface area contributed by atoms with Gasteiger partial charge in [-0.3, -0.25) is 0 Å². The Labute approximate surface area is 107 Å². The Bertz CT molecular complexity index is 501. The molecule has 0 amide bonds. The Balaban J connectivity index is 2.29. The monoisotopic (exact) mass is 271 g/mol. The molecular weight excluding hydrogens is 254 g/mol. The third kappa shape index (κ3) is 2.33. The summed E-state index contributed by atoms with van der Waals surface area (Å²) in [6.07, 6.45) is 2.99. The topological polar surface area (TPSA) is 85.5 Å². The van der Waals surface area contributed by atoms with Crippen LogP contribution in [0.1, 0.15) is 12.8 Å². The van der Waals surface area contributed by atoms with Crippen molar-refractivity contribution in [1.82, 2.24) is 9.29 Å². The molecule has 1 unspecified atom stereocenters. The lowest BCUT2D eigenvalue weighted by Gasteiger charge is -2.22. The second-order valence-corrected chi connectivity index (χ2v) is 6.07. The van der Waals surface area contributed by atoms with E-state index in [0.29, 0.717) is 19.0 Å². The quantitative estimate of drug-likeness (QED) is 0.845. The van der Waals surface area contributed by atoms with Gasteiger partial charge in [0.25, 0.3) is 0 Å². The molecule has 0 aliphatic carbocycles. The number of ether oxygens (including phenoxy) is 1. The lowest BCUT2D eigenvalue weighted by molar-refractivity contribution is 0.390. The summed E-state index contributed by atoms with van der Waals surface area (Å²) in [5.74, 6) is 0.394. The summed E-state index contributed by atoms with van der Waals surface area (Å²) in [7, 11) is -2.00. The van der Waals surface area contributed by atoms with Crippen LogP contribution in [0.4, 0.5) is 0 Å². The van der Waals surface area contributed by atoms with Crippen molar-refractivity contribution in [3.8, 4) is 5.88 Å². The summed E-state index contributed by atoms with van der Waals surface area (Å²) in [5, 5.41) is 0.